The first-order valence-corrected chi connectivity index (χ1v) is 9.27. The third-order valence-corrected chi connectivity index (χ3v) is 9.66. The highest BCUT2D eigenvalue weighted by Gasteiger charge is 2.78. The number of rotatable bonds is 0. The first-order chi connectivity index (χ1) is 9.74. The molecule has 0 amide bonds. The summed E-state index contributed by atoms with van der Waals surface area (Å²) in [5.41, 5.74) is 1.79. The van der Waals surface area contributed by atoms with Crippen molar-refractivity contribution in [2.24, 2.45) is 45.3 Å². The van der Waals surface area contributed by atoms with Gasteiger partial charge in [-0.3, -0.25) is 4.79 Å². The lowest BCUT2D eigenvalue weighted by Gasteiger charge is -2.64. The van der Waals surface area contributed by atoms with Gasteiger partial charge in [-0.1, -0.05) is 27.7 Å². The van der Waals surface area contributed by atoms with Crippen molar-refractivity contribution in [2.45, 2.75) is 72.6 Å². The zero-order valence-corrected chi connectivity index (χ0v) is 14.2. The third-order valence-electron chi connectivity index (χ3n) is 9.66. The van der Waals surface area contributed by atoms with Gasteiger partial charge in [0.15, 0.2) is 0 Å². The molecule has 1 heteroatoms. The van der Waals surface area contributed by atoms with Crippen LogP contribution in [0.25, 0.3) is 0 Å². The van der Waals surface area contributed by atoms with E-state index in [1.165, 1.54) is 38.5 Å². The highest BCUT2D eigenvalue weighted by Crippen LogP contribution is 2.85. The van der Waals surface area contributed by atoms with Crippen LogP contribution >= 0.6 is 0 Å². The molecule has 0 aromatic rings. The molecule has 1 spiro atoms. The Kier molecular flexibility index (Phi) is 2.06. The molecule has 116 valence electrons. The summed E-state index contributed by atoms with van der Waals surface area (Å²) < 4.78 is 0. The van der Waals surface area contributed by atoms with Crippen molar-refractivity contribution in [3.8, 4) is 0 Å². The summed E-state index contributed by atoms with van der Waals surface area (Å²) in [4.78, 5) is 12.5. The normalized spacial score (nSPS) is 63.0. The fraction of sp³-hybridized carbons (Fsp3) is 0.950. The van der Waals surface area contributed by atoms with E-state index in [9.17, 15) is 4.79 Å². The predicted molar refractivity (Wildman–Crippen MR) is 83.7 cm³/mol. The zero-order chi connectivity index (χ0) is 14.8. The second-order valence-electron chi connectivity index (χ2n) is 10.5. The van der Waals surface area contributed by atoms with E-state index in [4.69, 9.17) is 0 Å². The summed E-state index contributed by atoms with van der Waals surface area (Å²) in [6.45, 7) is 9.66. The average molecular weight is 286 g/mol. The zero-order valence-electron chi connectivity index (χ0n) is 14.2. The molecule has 1 nitrogen and oxygen atoms in total. The number of carbonyl (C=O) groups excluding carboxylic acids is 1. The van der Waals surface area contributed by atoms with Gasteiger partial charge < -0.3 is 0 Å². The van der Waals surface area contributed by atoms with Crippen LogP contribution in [0.3, 0.4) is 0 Å². The average Bonchev–Trinajstić information content (AvgIpc) is 2.86. The van der Waals surface area contributed by atoms with Crippen molar-refractivity contribution < 1.29 is 4.79 Å². The molecular formula is C20H30O. The Hall–Kier alpha value is -0.330. The van der Waals surface area contributed by atoms with Gasteiger partial charge in [-0.15, -0.1) is 0 Å². The molecule has 21 heavy (non-hydrogen) atoms. The maximum Gasteiger partial charge on any atom is 0.138 e. The Labute approximate surface area is 129 Å². The summed E-state index contributed by atoms with van der Waals surface area (Å²) in [6.07, 6.45) is 9.33. The highest BCUT2D eigenvalue weighted by molar-refractivity contribution is 5.85. The van der Waals surface area contributed by atoms with Crippen LogP contribution in [0.2, 0.25) is 0 Å². The fourth-order valence-electron chi connectivity index (χ4n) is 8.64. The van der Waals surface area contributed by atoms with E-state index in [-0.39, 0.29) is 5.41 Å². The molecule has 6 fully saturated rings. The number of carbonyl (C=O) groups is 1. The van der Waals surface area contributed by atoms with Crippen LogP contribution < -0.4 is 0 Å². The van der Waals surface area contributed by atoms with Crippen LogP contribution in [0.4, 0.5) is 0 Å². The highest BCUT2D eigenvalue weighted by atomic mass is 16.1. The number of Topliss-reactive ketones (excluding diaryl/α,β-unsaturated/α-hetero) is 1. The van der Waals surface area contributed by atoms with Crippen LogP contribution in [-0.4, -0.2) is 5.78 Å². The number of ketones is 1. The Morgan fingerprint density at radius 3 is 2.38 bits per heavy atom. The van der Waals surface area contributed by atoms with Gasteiger partial charge in [0.2, 0.25) is 0 Å². The van der Waals surface area contributed by atoms with Gasteiger partial charge >= 0.3 is 0 Å². The molecule has 6 saturated carbocycles. The molecule has 0 heterocycles. The molecular weight excluding hydrogens is 256 g/mol. The molecule has 0 aliphatic heterocycles. The molecule has 0 N–H and O–H groups in total. The maximum atomic E-state index is 12.5. The summed E-state index contributed by atoms with van der Waals surface area (Å²) >= 11 is 0. The molecule has 0 aromatic heterocycles. The molecule has 6 aliphatic carbocycles. The second-order valence-corrected chi connectivity index (χ2v) is 10.5. The molecule has 4 bridgehead atoms. The molecule has 0 radical (unpaired) electrons. The minimum atomic E-state index is -0.0674. The largest absolute Gasteiger partial charge is 0.299 e. The van der Waals surface area contributed by atoms with Gasteiger partial charge in [-0.25, -0.2) is 0 Å². The van der Waals surface area contributed by atoms with Crippen molar-refractivity contribution in [1.82, 2.24) is 0 Å². The van der Waals surface area contributed by atoms with Crippen molar-refractivity contribution >= 4 is 5.78 Å². The van der Waals surface area contributed by atoms with E-state index in [1.807, 2.05) is 0 Å². The lowest BCUT2D eigenvalue weighted by molar-refractivity contribution is -0.172. The Balaban J connectivity index is 1.57. The summed E-state index contributed by atoms with van der Waals surface area (Å²) in [5, 5.41) is 0. The van der Waals surface area contributed by atoms with Gasteiger partial charge in [0.25, 0.3) is 0 Å². The van der Waals surface area contributed by atoms with Crippen LogP contribution in [0.5, 0.6) is 0 Å². The van der Waals surface area contributed by atoms with Gasteiger partial charge in [0.05, 0.1) is 0 Å². The van der Waals surface area contributed by atoms with Crippen molar-refractivity contribution in [2.75, 3.05) is 0 Å². The quantitative estimate of drug-likeness (QED) is 0.622. The summed E-state index contributed by atoms with van der Waals surface area (Å²) in [5.74, 6) is 4.23. The Morgan fingerprint density at radius 2 is 1.71 bits per heavy atom. The maximum absolute atomic E-state index is 12.5. The van der Waals surface area contributed by atoms with Crippen LogP contribution in [-0.2, 0) is 4.79 Å². The van der Waals surface area contributed by atoms with Gasteiger partial charge in [0.1, 0.15) is 5.78 Å². The number of hydrogen-bond acceptors (Lipinski definition) is 1. The SMILES string of the molecule is CC1(C)C(=O)CC[C@]2(C)[C@@H]1CC[C@]13C[C@@H]4[C@H](C[C@H]12)[C@]4(C)C3. The summed E-state index contributed by atoms with van der Waals surface area (Å²) in [7, 11) is 0. The van der Waals surface area contributed by atoms with E-state index in [1.54, 1.807) is 0 Å². The topological polar surface area (TPSA) is 17.1 Å². The minimum Gasteiger partial charge on any atom is -0.299 e. The number of fused-ring (bicyclic) bond motifs is 1. The van der Waals surface area contributed by atoms with Crippen LogP contribution in [0, 0.1) is 45.3 Å². The van der Waals surface area contributed by atoms with Gasteiger partial charge in [-0.2, -0.15) is 0 Å². The van der Waals surface area contributed by atoms with Gasteiger partial charge in [0, 0.05) is 11.8 Å². The standard InChI is InChI=1S/C20H30O/c1-17(2)14-5-8-20-10-13-12(19(13,4)11-20)9-15(20)18(14,3)7-6-16(17)21/h12-15H,5-11H2,1-4H3/t12-,13+,14+,15-,18+,19-,20+/m0/s1. The second kappa shape index (κ2) is 3.29. The summed E-state index contributed by atoms with van der Waals surface area (Å²) in [6, 6.07) is 0. The van der Waals surface area contributed by atoms with Crippen molar-refractivity contribution in [3.63, 3.8) is 0 Å². The van der Waals surface area contributed by atoms with Crippen LogP contribution in [0.15, 0.2) is 0 Å². The van der Waals surface area contributed by atoms with E-state index < -0.39 is 0 Å². The monoisotopic (exact) mass is 286 g/mol. The first-order valence-electron chi connectivity index (χ1n) is 9.27. The van der Waals surface area contributed by atoms with E-state index >= 15 is 0 Å². The van der Waals surface area contributed by atoms with Crippen molar-refractivity contribution in [3.05, 3.63) is 0 Å². The van der Waals surface area contributed by atoms with E-state index in [2.05, 4.69) is 27.7 Å². The van der Waals surface area contributed by atoms with E-state index in [0.29, 0.717) is 22.5 Å². The third kappa shape index (κ3) is 1.23. The number of hydrogen-bond donors (Lipinski definition) is 0. The Bertz CT molecular complexity index is 548. The lowest BCUT2D eigenvalue weighted by atomic mass is 9.39. The minimum absolute atomic E-state index is 0.0674. The molecule has 6 rings (SSSR count). The van der Waals surface area contributed by atoms with Crippen LogP contribution in [0.1, 0.15) is 72.6 Å². The fourth-order valence-corrected chi connectivity index (χ4v) is 8.64. The van der Waals surface area contributed by atoms with E-state index in [0.717, 1.165) is 29.6 Å². The Morgan fingerprint density at radius 1 is 0.952 bits per heavy atom. The first kappa shape index (κ1) is 13.1. The molecule has 7 atom stereocenters. The molecule has 0 unspecified atom stereocenters. The molecule has 0 aromatic carbocycles. The van der Waals surface area contributed by atoms with Gasteiger partial charge in [-0.05, 0) is 78.4 Å². The predicted octanol–water partition coefficient (Wildman–Crippen LogP) is 4.84. The van der Waals surface area contributed by atoms with Crippen molar-refractivity contribution in [1.29, 1.82) is 0 Å². The molecule has 0 saturated heterocycles. The lowest BCUT2D eigenvalue weighted by Crippen LogP contribution is -2.59. The smallest absolute Gasteiger partial charge is 0.138 e. The molecule has 6 aliphatic rings.